The predicted molar refractivity (Wildman–Crippen MR) is 80.5 cm³/mol. The standard InChI is InChI=1S/C17H19NO2/c1-11-3-8-17(20-2)16(9-11)18-15-7-4-12-10-13(19)5-6-14(12)15/h3,5-6,8-10,15,18-19H,4,7H2,1-2H3. The highest BCUT2D eigenvalue weighted by molar-refractivity contribution is 5.60. The zero-order valence-electron chi connectivity index (χ0n) is 11.8. The molecule has 1 aliphatic carbocycles. The smallest absolute Gasteiger partial charge is 0.141 e. The Bertz CT molecular complexity index is 637. The van der Waals surface area contributed by atoms with E-state index in [0.29, 0.717) is 5.75 Å². The quantitative estimate of drug-likeness (QED) is 0.890. The van der Waals surface area contributed by atoms with Crippen LogP contribution in [0.5, 0.6) is 11.5 Å². The number of aryl methyl sites for hydroxylation is 2. The van der Waals surface area contributed by atoms with Crippen molar-refractivity contribution in [3.63, 3.8) is 0 Å². The Morgan fingerprint density at radius 2 is 2.05 bits per heavy atom. The Balaban J connectivity index is 1.89. The van der Waals surface area contributed by atoms with E-state index in [4.69, 9.17) is 4.74 Å². The third kappa shape index (κ3) is 2.31. The minimum absolute atomic E-state index is 0.279. The molecule has 1 aliphatic rings. The predicted octanol–water partition coefficient (Wildman–Crippen LogP) is 3.81. The zero-order valence-corrected chi connectivity index (χ0v) is 11.8. The Kier molecular flexibility index (Phi) is 3.26. The highest BCUT2D eigenvalue weighted by atomic mass is 16.5. The molecule has 3 rings (SSSR count). The summed E-state index contributed by atoms with van der Waals surface area (Å²) in [5.74, 6) is 1.21. The molecule has 20 heavy (non-hydrogen) atoms. The first-order valence-corrected chi connectivity index (χ1v) is 6.90. The van der Waals surface area contributed by atoms with E-state index in [1.165, 1.54) is 16.7 Å². The molecule has 0 bridgehead atoms. The summed E-state index contributed by atoms with van der Waals surface area (Å²) in [7, 11) is 1.69. The van der Waals surface area contributed by atoms with E-state index < -0.39 is 0 Å². The Morgan fingerprint density at radius 1 is 1.20 bits per heavy atom. The van der Waals surface area contributed by atoms with Crippen molar-refractivity contribution < 1.29 is 9.84 Å². The third-order valence-corrected chi connectivity index (χ3v) is 3.89. The van der Waals surface area contributed by atoms with Crippen molar-refractivity contribution in [2.75, 3.05) is 12.4 Å². The lowest BCUT2D eigenvalue weighted by Crippen LogP contribution is -2.08. The van der Waals surface area contributed by atoms with Crippen molar-refractivity contribution in [3.05, 3.63) is 53.1 Å². The van der Waals surface area contributed by atoms with E-state index in [1.807, 2.05) is 24.3 Å². The number of phenols is 1. The van der Waals surface area contributed by atoms with Gasteiger partial charge in [-0.2, -0.15) is 0 Å². The van der Waals surface area contributed by atoms with Gasteiger partial charge in [-0.05, 0) is 60.7 Å². The van der Waals surface area contributed by atoms with Crippen LogP contribution in [0.2, 0.25) is 0 Å². The van der Waals surface area contributed by atoms with Gasteiger partial charge in [0.2, 0.25) is 0 Å². The van der Waals surface area contributed by atoms with Crippen LogP contribution in [0.3, 0.4) is 0 Å². The van der Waals surface area contributed by atoms with Crippen molar-refractivity contribution in [3.8, 4) is 11.5 Å². The van der Waals surface area contributed by atoms with Crippen LogP contribution >= 0.6 is 0 Å². The SMILES string of the molecule is COc1ccc(C)cc1NC1CCc2cc(O)ccc21. The molecule has 1 atom stereocenters. The summed E-state index contributed by atoms with van der Waals surface area (Å²) in [5.41, 5.74) is 4.73. The second-order valence-corrected chi connectivity index (χ2v) is 5.32. The van der Waals surface area contributed by atoms with E-state index in [9.17, 15) is 5.11 Å². The molecule has 0 aliphatic heterocycles. The summed E-state index contributed by atoms with van der Waals surface area (Å²) in [6.45, 7) is 2.07. The average Bonchev–Trinajstić information content (AvgIpc) is 2.81. The number of nitrogens with one attached hydrogen (secondary N) is 1. The van der Waals surface area contributed by atoms with E-state index in [2.05, 4.69) is 18.3 Å². The van der Waals surface area contributed by atoms with Gasteiger partial charge in [0, 0.05) is 0 Å². The maximum absolute atomic E-state index is 9.55. The number of aromatic hydroxyl groups is 1. The number of benzene rings is 2. The van der Waals surface area contributed by atoms with Crippen LogP contribution in [-0.2, 0) is 6.42 Å². The molecule has 0 saturated carbocycles. The fourth-order valence-electron chi connectivity index (χ4n) is 2.88. The molecule has 0 fully saturated rings. The van der Waals surface area contributed by atoms with Gasteiger partial charge < -0.3 is 15.2 Å². The van der Waals surface area contributed by atoms with Gasteiger partial charge in [0.05, 0.1) is 18.8 Å². The Morgan fingerprint density at radius 3 is 2.85 bits per heavy atom. The summed E-state index contributed by atoms with van der Waals surface area (Å²) in [4.78, 5) is 0. The lowest BCUT2D eigenvalue weighted by Gasteiger charge is -2.18. The summed E-state index contributed by atoms with van der Waals surface area (Å²) >= 11 is 0. The Labute approximate surface area is 119 Å². The lowest BCUT2D eigenvalue weighted by molar-refractivity contribution is 0.416. The van der Waals surface area contributed by atoms with E-state index in [1.54, 1.807) is 13.2 Å². The molecule has 0 spiro atoms. The number of hydrogen-bond acceptors (Lipinski definition) is 3. The van der Waals surface area contributed by atoms with Crippen LogP contribution in [-0.4, -0.2) is 12.2 Å². The lowest BCUT2D eigenvalue weighted by atomic mass is 10.1. The van der Waals surface area contributed by atoms with Crippen molar-refractivity contribution in [2.24, 2.45) is 0 Å². The molecule has 3 nitrogen and oxygen atoms in total. The van der Waals surface area contributed by atoms with Gasteiger partial charge in [0.15, 0.2) is 0 Å². The highest BCUT2D eigenvalue weighted by Crippen LogP contribution is 2.37. The minimum Gasteiger partial charge on any atom is -0.508 e. The first-order chi connectivity index (χ1) is 9.67. The molecule has 3 heteroatoms. The first-order valence-electron chi connectivity index (χ1n) is 6.90. The van der Waals surface area contributed by atoms with Gasteiger partial charge in [-0.1, -0.05) is 12.1 Å². The maximum atomic E-state index is 9.55. The van der Waals surface area contributed by atoms with Gasteiger partial charge >= 0.3 is 0 Å². The minimum atomic E-state index is 0.279. The molecule has 0 heterocycles. The monoisotopic (exact) mass is 269 g/mol. The fourth-order valence-corrected chi connectivity index (χ4v) is 2.88. The molecule has 2 aromatic carbocycles. The average molecular weight is 269 g/mol. The van der Waals surface area contributed by atoms with Gasteiger partial charge in [0.25, 0.3) is 0 Å². The van der Waals surface area contributed by atoms with E-state index >= 15 is 0 Å². The van der Waals surface area contributed by atoms with Crippen molar-refractivity contribution in [1.82, 2.24) is 0 Å². The molecule has 0 saturated heterocycles. The molecule has 104 valence electrons. The number of phenolic OH excluding ortho intramolecular Hbond substituents is 1. The molecule has 2 N–H and O–H groups in total. The second-order valence-electron chi connectivity index (χ2n) is 5.32. The van der Waals surface area contributed by atoms with E-state index in [-0.39, 0.29) is 6.04 Å². The van der Waals surface area contributed by atoms with Crippen LogP contribution < -0.4 is 10.1 Å². The van der Waals surface area contributed by atoms with Crippen LogP contribution in [0, 0.1) is 6.92 Å². The summed E-state index contributed by atoms with van der Waals surface area (Å²) < 4.78 is 5.42. The topological polar surface area (TPSA) is 41.5 Å². The summed E-state index contributed by atoms with van der Waals surface area (Å²) in [6, 6.07) is 12.1. The second kappa shape index (κ2) is 5.08. The molecule has 0 aromatic heterocycles. The molecule has 0 radical (unpaired) electrons. The number of hydrogen-bond donors (Lipinski definition) is 2. The maximum Gasteiger partial charge on any atom is 0.141 e. The van der Waals surface area contributed by atoms with Crippen LogP contribution in [0.1, 0.15) is 29.2 Å². The largest absolute Gasteiger partial charge is 0.508 e. The van der Waals surface area contributed by atoms with Crippen molar-refractivity contribution >= 4 is 5.69 Å². The number of methoxy groups -OCH3 is 1. The normalized spacial score (nSPS) is 16.8. The molecular weight excluding hydrogens is 250 g/mol. The first kappa shape index (κ1) is 12.9. The van der Waals surface area contributed by atoms with E-state index in [0.717, 1.165) is 24.3 Å². The third-order valence-electron chi connectivity index (χ3n) is 3.89. The molecule has 0 amide bonds. The summed E-state index contributed by atoms with van der Waals surface area (Å²) in [6.07, 6.45) is 2.03. The summed E-state index contributed by atoms with van der Waals surface area (Å²) in [5, 5.41) is 13.1. The number of fused-ring (bicyclic) bond motifs is 1. The number of ether oxygens (including phenoxy) is 1. The van der Waals surface area contributed by atoms with Crippen LogP contribution in [0.15, 0.2) is 36.4 Å². The molecular formula is C17H19NO2. The van der Waals surface area contributed by atoms with Gasteiger partial charge in [-0.25, -0.2) is 0 Å². The van der Waals surface area contributed by atoms with Crippen LogP contribution in [0.4, 0.5) is 5.69 Å². The number of anilines is 1. The van der Waals surface area contributed by atoms with Gasteiger partial charge in [0.1, 0.15) is 11.5 Å². The van der Waals surface area contributed by atoms with Gasteiger partial charge in [-0.15, -0.1) is 0 Å². The molecule has 2 aromatic rings. The zero-order chi connectivity index (χ0) is 14.1. The highest BCUT2D eigenvalue weighted by Gasteiger charge is 2.23. The molecule has 1 unspecified atom stereocenters. The fraction of sp³-hybridized carbons (Fsp3) is 0.294. The van der Waals surface area contributed by atoms with Crippen LogP contribution in [0.25, 0.3) is 0 Å². The van der Waals surface area contributed by atoms with Crippen molar-refractivity contribution in [2.45, 2.75) is 25.8 Å². The number of rotatable bonds is 3. The van der Waals surface area contributed by atoms with Gasteiger partial charge in [-0.3, -0.25) is 0 Å². The van der Waals surface area contributed by atoms with Crippen molar-refractivity contribution in [1.29, 1.82) is 0 Å². The Hall–Kier alpha value is -2.16.